The fraction of sp³-hybridized carbons (Fsp3) is 0.400. The van der Waals surface area contributed by atoms with E-state index >= 15 is 0 Å². The monoisotopic (exact) mass is 223 g/mol. The summed E-state index contributed by atoms with van der Waals surface area (Å²) in [5, 5.41) is 17.3. The van der Waals surface area contributed by atoms with Crippen LogP contribution in [0.3, 0.4) is 0 Å². The number of hydrogen-bond acceptors (Lipinski definition) is 4. The summed E-state index contributed by atoms with van der Waals surface area (Å²) in [5.74, 6) is 0. The van der Waals surface area contributed by atoms with E-state index in [1.807, 2.05) is 13.8 Å². The van der Waals surface area contributed by atoms with Crippen LogP contribution in [0.15, 0.2) is 12.4 Å². The lowest BCUT2D eigenvalue weighted by atomic mass is 10.1. The van der Waals surface area contributed by atoms with Gasteiger partial charge in [0.1, 0.15) is 0 Å². The van der Waals surface area contributed by atoms with Gasteiger partial charge in [0.25, 0.3) is 0 Å². The fourth-order valence-electron chi connectivity index (χ4n) is 1.35. The van der Waals surface area contributed by atoms with Crippen LogP contribution in [0.1, 0.15) is 27.2 Å². The highest BCUT2D eigenvalue weighted by Crippen LogP contribution is 2.22. The normalized spacial score (nSPS) is 13.0. The van der Waals surface area contributed by atoms with Gasteiger partial charge in [-0.15, -0.1) is 11.3 Å². The minimum atomic E-state index is -0.520. The van der Waals surface area contributed by atoms with Gasteiger partial charge < -0.3 is 5.11 Å². The molecule has 0 aliphatic rings. The van der Waals surface area contributed by atoms with E-state index in [-0.39, 0.29) is 0 Å². The lowest BCUT2D eigenvalue weighted by Crippen LogP contribution is -2.00. The van der Waals surface area contributed by atoms with Crippen molar-refractivity contribution in [1.29, 1.82) is 0 Å². The lowest BCUT2D eigenvalue weighted by molar-refractivity contribution is 0.178. The number of thiazole rings is 1. The number of nitrogens with zero attached hydrogens (tertiary/aromatic N) is 2. The Kier molecular flexibility index (Phi) is 2.83. The molecular formula is C10H13N3OS. The minimum Gasteiger partial charge on any atom is -0.388 e. The number of aliphatic hydroxyl groups is 1. The number of nitrogens with one attached hydrogen (secondary N) is 1. The number of rotatable bonds is 3. The molecule has 1 unspecified atom stereocenters. The number of aromatic nitrogens is 3. The molecule has 0 radical (unpaired) electrons. The molecule has 80 valence electrons. The second-order valence-corrected chi connectivity index (χ2v) is 4.79. The Morgan fingerprint density at radius 3 is 2.87 bits per heavy atom. The van der Waals surface area contributed by atoms with Crippen molar-refractivity contribution in [3.05, 3.63) is 33.5 Å². The molecule has 0 fully saturated rings. The van der Waals surface area contributed by atoms with Crippen molar-refractivity contribution in [3.63, 3.8) is 0 Å². The second kappa shape index (κ2) is 4.12. The summed E-state index contributed by atoms with van der Waals surface area (Å²) in [6, 6.07) is 0. The van der Waals surface area contributed by atoms with Gasteiger partial charge in [0.2, 0.25) is 0 Å². The van der Waals surface area contributed by atoms with E-state index in [1.165, 1.54) is 4.88 Å². The summed E-state index contributed by atoms with van der Waals surface area (Å²) < 4.78 is 0. The highest BCUT2D eigenvalue weighted by atomic mass is 32.1. The number of aliphatic hydroxyl groups excluding tert-OH is 1. The first-order chi connectivity index (χ1) is 7.16. The van der Waals surface area contributed by atoms with Crippen LogP contribution in [0.4, 0.5) is 0 Å². The third kappa shape index (κ3) is 2.24. The first-order valence-corrected chi connectivity index (χ1v) is 5.58. The molecule has 0 aliphatic carbocycles. The molecule has 0 spiro atoms. The summed E-state index contributed by atoms with van der Waals surface area (Å²) in [6.07, 6.45) is 3.38. The molecule has 0 saturated carbocycles. The standard InChI is InChI=1S/C10H13N3OS/c1-6-7(2)15-10(13-6)3-9(14)8-4-11-12-5-8/h4-5,9,14H,3H2,1-2H3,(H,11,12). The first kappa shape index (κ1) is 10.3. The molecule has 2 heterocycles. The Morgan fingerprint density at radius 2 is 2.33 bits per heavy atom. The largest absolute Gasteiger partial charge is 0.388 e. The number of aryl methyl sites for hydroxylation is 2. The molecule has 2 rings (SSSR count). The van der Waals surface area contributed by atoms with Gasteiger partial charge in [-0.3, -0.25) is 5.10 Å². The van der Waals surface area contributed by atoms with Crippen molar-refractivity contribution in [2.45, 2.75) is 26.4 Å². The zero-order valence-electron chi connectivity index (χ0n) is 8.69. The highest BCUT2D eigenvalue weighted by Gasteiger charge is 2.12. The van der Waals surface area contributed by atoms with E-state index in [0.29, 0.717) is 6.42 Å². The number of aromatic amines is 1. The second-order valence-electron chi connectivity index (χ2n) is 3.50. The Morgan fingerprint density at radius 1 is 1.53 bits per heavy atom. The Balaban J connectivity index is 2.09. The van der Waals surface area contributed by atoms with Crippen molar-refractivity contribution >= 4 is 11.3 Å². The molecule has 15 heavy (non-hydrogen) atoms. The van der Waals surface area contributed by atoms with E-state index in [0.717, 1.165) is 16.3 Å². The molecular weight excluding hydrogens is 210 g/mol. The van der Waals surface area contributed by atoms with Gasteiger partial charge in [0.15, 0.2) is 0 Å². The van der Waals surface area contributed by atoms with E-state index in [1.54, 1.807) is 23.7 Å². The maximum atomic E-state index is 9.87. The van der Waals surface area contributed by atoms with Crippen LogP contribution in [0.5, 0.6) is 0 Å². The topological polar surface area (TPSA) is 61.8 Å². The van der Waals surface area contributed by atoms with Crippen molar-refractivity contribution in [2.75, 3.05) is 0 Å². The van der Waals surface area contributed by atoms with Crippen LogP contribution in [0.25, 0.3) is 0 Å². The third-order valence-electron chi connectivity index (χ3n) is 2.34. The molecule has 5 heteroatoms. The molecule has 0 aliphatic heterocycles. The average molecular weight is 223 g/mol. The Hall–Kier alpha value is -1.20. The van der Waals surface area contributed by atoms with E-state index in [2.05, 4.69) is 15.2 Å². The first-order valence-electron chi connectivity index (χ1n) is 4.76. The Labute approximate surface area is 92.0 Å². The summed E-state index contributed by atoms with van der Waals surface area (Å²) in [5.41, 5.74) is 1.86. The number of H-pyrrole nitrogens is 1. The molecule has 0 aromatic carbocycles. The predicted molar refractivity (Wildman–Crippen MR) is 58.8 cm³/mol. The van der Waals surface area contributed by atoms with Crippen LogP contribution < -0.4 is 0 Å². The van der Waals surface area contributed by atoms with Gasteiger partial charge in [-0.2, -0.15) is 5.10 Å². The van der Waals surface area contributed by atoms with Crippen LogP contribution in [-0.2, 0) is 6.42 Å². The molecule has 2 N–H and O–H groups in total. The summed E-state index contributed by atoms with van der Waals surface area (Å²) in [4.78, 5) is 5.60. The van der Waals surface area contributed by atoms with Gasteiger partial charge in [0, 0.05) is 23.1 Å². The van der Waals surface area contributed by atoms with Crippen molar-refractivity contribution in [2.24, 2.45) is 0 Å². The molecule has 0 saturated heterocycles. The van der Waals surface area contributed by atoms with Crippen molar-refractivity contribution in [1.82, 2.24) is 15.2 Å². The maximum absolute atomic E-state index is 9.87. The van der Waals surface area contributed by atoms with E-state index in [9.17, 15) is 5.11 Å². The Bertz CT molecular complexity index is 416. The lowest BCUT2D eigenvalue weighted by Gasteiger charge is -2.04. The van der Waals surface area contributed by atoms with Crippen LogP contribution in [0.2, 0.25) is 0 Å². The molecule has 2 aromatic rings. The van der Waals surface area contributed by atoms with E-state index in [4.69, 9.17) is 0 Å². The predicted octanol–water partition coefficient (Wildman–Crippen LogP) is 1.76. The molecule has 0 amide bonds. The average Bonchev–Trinajstić information content (AvgIpc) is 2.77. The van der Waals surface area contributed by atoms with E-state index < -0.39 is 6.10 Å². The van der Waals surface area contributed by atoms with Gasteiger partial charge in [0.05, 0.1) is 23.0 Å². The van der Waals surface area contributed by atoms with Crippen molar-refractivity contribution in [3.8, 4) is 0 Å². The fourth-order valence-corrected chi connectivity index (χ4v) is 2.32. The van der Waals surface area contributed by atoms with Crippen molar-refractivity contribution < 1.29 is 5.11 Å². The van der Waals surface area contributed by atoms with Crippen LogP contribution >= 0.6 is 11.3 Å². The molecule has 1 atom stereocenters. The molecule has 4 nitrogen and oxygen atoms in total. The van der Waals surface area contributed by atoms with Crippen LogP contribution in [0, 0.1) is 13.8 Å². The minimum absolute atomic E-state index is 0.520. The smallest absolute Gasteiger partial charge is 0.0960 e. The summed E-state index contributed by atoms with van der Waals surface area (Å²) >= 11 is 1.64. The SMILES string of the molecule is Cc1nc(CC(O)c2cn[nH]c2)sc1C. The van der Waals surface area contributed by atoms with Gasteiger partial charge in [-0.1, -0.05) is 0 Å². The third-order valence-corrected chi connectivity index (χ3v) is 3.44. The summed E-state index contributed by atoms with van der Waals surface area (Å²) in [7, 11) is 0. The number of hydrogen-bond donors (Lipinski definition) is 2. The van der Waals surface area contributed by atoms with Gasteiger partial charge >= 0.3 is 0 Å². The zero-order chi connectivity index (χ0) is 10.8. The molecule has 2 aromatic heterocycles. The van der Waals surface area contributed by atoms with Gasteiger partial charge in [-0.05, 0) is 13.8 Å². The zero-order valence-corrected chi connectivity index (χ0v) is 9.51. The van der Waals surface area contributed by atoms with Crippen LogP contribution in [-0.4, -0.2) is 20.3 Å². The maximum Gasteiger partial charge on any atom is 0.0960 e. The van der Waals surface area contributed by atoms with Gasteiger partial charge in [-0.25, -0.2) is 4.98 Å². The summed E-state index contributed by atoms with van der Waals surface area (Å²) in [6.45, 7) is 4.03. The highest BCUT2D eigenvalue weighted by molar-refractivity contribution is 7.11. The quantitative estimate of drug-likeness (QED) is 0.833. The molecule has 0 bridgehead atoms.